The molecular formula is C36H40ClN3O5S2. The zero-order chi connectivity index (χ0) is 34.0. The Balaban J connectivity index is 1.81. The molecule has 0 aliphatic heterocycles. The number of halogens is 1. The molecule has 4 aromatic rings. The first kappa shape index (κ1) is 35.9. The molecule has 0 radical (unpaired) electrons. The summed E-state index contributed by atoms with van der Waals surface area (Å²) >= 11 is 7.81. The summed E-state index contributed by atoms with van der Waals surface area (Å²) in [7, 11) is -4.22. The summed E-state index contributed by atoms with van der Waals surface area (Å²) in [6.07, 6.45) is 2.13. The quantitative estimate of drug-likeness (QED) is 0.137. The number of nitrogens with one attached hydrogen (secondary N) is 1. The van der Waals surface area contributed by atoms with Crippen molar-refractivity contribution >= 4 is 50.9 Å². The number of carbonyl (C=O) groups excluding carboxylic acids is 2. The van der Waals surface area contributed by atoms with Crippen molar-refractivity contribution in [1.29, 1.82) is 0 Å². The molecule has 0 aliphatic rings. The van der Waals surface area contributed by atoms with Crippen molar-refractivity contribution in [2.24, 2.45) is 0 Å². The van der Waals surface area contributed by atoms with E-state index in [0.717, 1.165) is 14.8 Å². The van der Waals surface area contributed by atoms with Gasteiger partial charge in [0.1, 0.15) is 18.3 Å². The summed E-state index contributed by atoms with van der Waals surface area (Å²) in [5.41, 5.74) is 1.83. The lowest BCUT2D eigenvalue weighted by atomic mass is 10.0. The maximum Gasteiger partial charge on any atom is 0.264 e. The van der Waals surface area contributed by atoms with Crippen molar-refractivity contribution < 1.29 is 22.7 Å². The van der Waals surface area contributed by atoms with E-state index in [-0.39, 0.29) is 35.5 Å². The van der Waals surface area contributed by atoms with Crippen LogP contribution in [0.5, 0.6) is 5.75 Å². The second kappa shape index (κ2) is 16.7. The summed E-state index contributed by atoms with van der Waals surface area (Å²) in [4.78, 5) is 30.8. The molecule has 1 atom stereocenters. The molecule has 11 heteroatoms. The highest BCUT2D eigenvalue weighted by Crippen LogP contribution is 2.28. The molecule has 0 spiro atoms. The fraction of sp³-hybridized carbons (Fsp3) is 0.278. The highest BCUT2D eigenvalue weighted by Gasteiger charge is 2.35. The summed E-state index contributed by atoms with van der Waals surface area (Å²) in [5.74, 6) is -0.328. The molecule has 0 saturated heterocycles. The van der Waals surface area contributed by atoms with Crippen LogP contribution >= 0.6 is 23.4 Å². The number of amides is 2. The van der Waals surface area contributed by atoms with Gasteiger partial charge in [-0.3, -0.25) is 13.9 Å². The average Bonchev–Trinajstić information content (AvgIpc) is 3.06. The third-order valence-corrected chi connectivity index (χ3v) is 10.1. The van der Waals surface area contributed by atoms with Crippen molar-refractivity contribution in [2.45, 2.75) is 55.6 Å². The molecule has 8 nitrogen and oxygen atoms in total. The molecule has 0 saturated carbocycles. The Morgan fingerprint density at radius 2 is 1.55 bits per heavy atom. The van der Waals surface area contributed by atoms with Gasteiger partial charge in [-0.05, 0) is 98.8 Å². The Hall–Kier alpha value is -3.99. The highest BCUT2D eigenvalue weighted by molar-refractivity contribution is 7.98. The van der Waals surface area contributed by atoms with Gasteiger partial charge >= 0.3 is 0 Å². The molecule has 4 aromatic carbocycles. The lowest BCUT2D eigenvalue weighted by molar-refractivity contribution is -0.140. The smallest absolute Gasteiger partial charge is 0.264 e. The molecule has 2 amide bonds. The normalized spacial score (nSPS) is 12.0. The molecule has 0 aromatic heterocycles. The van der Waals surface area contributed by atoms with E-state index in [1.54, 1.807) is 54.6 Å². The third kappa shape index (κ3) is 9.76. The number of sulfonamides is 1. The Morgan fingerprint density at radius 1 is 0.894 bits per heavy atom. The number of ether oxygens (including phenoxy) is 1. The van der Waals surface area contributed by atoms with E-state index in [1.807, 2.05) is 63.4 Å². The molecule has 0 heterocycles. The molecule has 0 fully saturated rings. The van der Waals surface area contributed by atoms with Crippen LogP contribution in [0.25, 0.3) is 0 Å². The summed E-state index contributed by atoms with van der Waals surface area (Å²) in [5, 5.41) is 3.44. The van der Waals surface area contributed by atoms with E-state index >= 15 is 0 Å². The van der Waals surface area contributed by atoms with E-state index in [9.17, 15) is 18.0 Å². The first-order valence-electron chi connectivity index (χ1n) is 15.3. The minimum absolute atomic E-state index is 0.0298. The van der Waals surface area contributed by atoms with E-state index < -0.39 is 28.5 Å². The SMILES string of the molecule is CCOc1ccc(N(CC(=O)N(Cc2cccc(Cl)c2)[C@@H](Cc2ccccc2)C(=O)NC(C)C)S(=O)(=O)c2ccc(SC)cc2)cc1. The maximum absolute atomic E-state index is 14.6. The van der Waals surface area contributed by atoms with Gasteiger partial charge in [-0.1, -0.05) is 54.1 Å². The van der Waals surface area contributed by atoms with Gasteiger partial charge in [-0.2, -0.15) is 0 Å². The van der Waals surface area contributed by atoms with Crippen LogP contribution in [0.1, 0.15) is 31.9 Å². The topological polar surface area (TPSA) is 96.0 Å². The van der Waals surface area contributed by atoms with Gasteiger partial charge in [0.2, 0.25) is 11.8 Å². The molecule has 1 N–H and O–H groups in total. The largest absolute Gasteiger partial charge is 0.494 e. The van der Waals surface area contributed by atoms with Crippen LogP contribution in [0.3, 0.4) is 0 Å². The fourth-order valence-electron chi connectivity index (χ4n) is 5.05. The van der Waals surface area contributed by atoms with Crippen LogP contribution < -0.4 is 14.4 Å². The van der Waals surface area contributed by atoms with E-state index in [1.165, 1.54) is 28.8 Å². The molecular weight excluding hydrogens is 654 g/mol. The van der Waals surface area contributed by atoms with E-state index in [4.69, 9.17) is 16.3 Å². The predicted octanol–water partition coefficient (Wildman–Crippen LogP) is 6.82. The summed E-state index contributed by atoms with van der Waals surface area (Å²) in [6, 6.07) is 28.4. The Bertz CT molecular complexity index is 1730. The minimum atomic E-state index is -4.22. The Kier molecular flexibility index (Phi) is 12.8. The summed E-state index contributed by atoms with van der Waals surface area (Å²) < 4.78 is 35.2. The van der Waals surface area contributed by atoms with Crippen molar-refractivity contribution in [2.75, 3.05) is 23.7 Å². The minimum Gasteiger partial charge on any atom is -0.494 e. The van der Waals surface area contributed by atoms with Crippen molar-refractivity contribution in [3.05, 3.63) is 119 Å². The molecule has 0 aliphatic carbocycles. The second-order valence-electron chi connectivity index (χ2n) is 11.1. The van der Waals surface area contributed by atoms with Crippen LogP contribution in [-0.2, 0) is 32.6 Å². The number of hydrogen-bond acceptors (Lipinski definition) is 6. The number of carbonyl (C=O) groups is 2. The van der Waals surface area contributed by atoms with Gasteiger partial charge in [-0.25, -0.2) is 8.42 Å². The maximum atomic E-state index is 14.6. The molecule has 0 bridgehead atoms. The molecule has 0 unspecified atom stereocenters. The van der Waals surface area contributed by atoms with Crippen LogP contribution in [0.4, 0.5) is 5.69 Å². The highest BCUT2D eigenvalue weighted by atomic mass is 35.5. The van der Waals surface area contributed by atoms with Crippen molar-refractivity contribution in [3.8, 4) is 5.75 Å². The van der Waals surface area contributed by atoms with Gasteiger partial charge < -0.3 is 15.0 Å². The second-order valence-corrected chi connectivity index (χ2v) is 14.3. The predicted molar refractivity (Wildman–Crippen MR) is 190 cm³/mol. The van der Waals surface area contributed by atoms with E-state index in [2.05, 4.69) is 5.32 Å². The number of nitrogens with zero attached hydrogens (tertiary/aromatic N) is 2. The lowest BCUT2D eigenvalue weighted by Gasteiger charge is -2.34. The Labute approximate surface area is 287 Å². The van der Waals surface area contributed by atoms with Gasteiger partial charge in [-0.15, -0.1) is 11.8 Å². The van der Waals surface area contributed by atoms with Gasteiger partial charge in [0.05, 0.1) is 17.2 Å². The monoisotopic (exact) mass is 693 g/mol. The number of benzene rings is 4. The number of thioether (sulfide) groups is 1. The van der Waals surface area contributed by atoms with Crippen LogP contribution in [0.15, 0.2) is 113 Å². The molecule has 248 valence electrons. The zero-order valence-electron chi connectivity index (χ0n) is 26.9. The number of hydrogen-bond donors (Lipinski definition) is 1. The number of rotatable bonds is 15. The Morgan fingerprint density at radius 3 is 2.15 bits per heavy atom. The molecule has 4 rings (SSSR count). The van der Waals surface area contributed by atoms with Crippen molar-refractivity contribution in [3.63, 3.8) is 0 Å². The third-order valence-electron chi connectivity index (χ3n) is 7.31. The van der Waals surface area contributed by atoms with Crippen LogP contribution in [0, 0.1) is 0 Å². The first-order chi connectivity index (χ1) is 22.5. The van der Waals surface area contributed by atoms with Crippen molar-refractivity contribution in [1.82, 2.24) is 10.2 Å². The summed E-state index contributed by atoms with van der Waals surface area (Å²) in [6.45, 7) is 5.48. The van der Waals surface area contributed by atoms with Crippen LogP contribution in [0.2, 0.25) is 5.02 Å². The first-order valence-corrected chi connectivity index (χ1v) is 18.3. The number of anilines is 1. The van der Waals surface area contributed by atoms with Gasteiger partial charge in [0.25, 0.3) is 10.0 Å². The standard InChI is InChI=1S/C36H40ClN3O5S2/c1-5-45-31-16-14-30(15-17-31)40(47(43,44)33-20-18-32(46-4)19-21-33)25-35(41)39(24-28-12-9-13-29(37)22-28)34(36(42)38-26(2)3)23-27-10-7-6-8-11-27/h6-22,26,34H,5,23-25H2,1-4H3,(H,38,42)/t34-/m0/s1. The van der Waals surface area contributed by atoms with Crippen LogP contribution in [-0.4, -0.2) is 56.6 Å². The zero-order valence-corrected chi connectivity index (χ0v) is 29.3. The van der Waals surface area contributed by atoms with Gasteiger partial charge in [0, 0.05) is 28.9 Å². The lowest BCUT2D eigenvalue weighted by Crippen LogP contribution is -2.54. The van der Waals surface area contributed by atoms with Gasteiger partial charge in [0.15, 0.2) is 0 Å². The average molecular weight is 694 g/mol. The molecule has 47 heavy (non-hydrogen) atoms. The van der Waals surface area contributed by atoms with E-state index in [0.29, 0.717) is 22.9 Å². The fourth-order valence-corrected chi connectivity index (χ4v) is 7.08.